The molecule has 1 amide bonds. The number of hydrogen-bond acceptors (Lipinski definition) is 2. The van der Waals surface area contributed by atoms with Crippen molar-refractivity contribution < 1.29 is 9.90 Å². The van der Waals surface area contributed by atoms with E-state index in [0.29, 0.717) is 6.54 Å². The van der Waals surface area contributed by atoms with Crippen LogP contribution in [0.4, 0.5) is 0 Å². The van der Waals surface area contributed by atoms with E-state index in [0.717, 1.165) is 34.0 Å². The molecular weight excluding hydrogens is 341 g/mol. The fourth-order valence-electron chi connectivity index (χ4n) is 1.65. The van der Waals surface area contributed by atoms with Gasteiger partial charge in [0.1, 0.15) is 0 Å². The highest BCUT2D eigenvalue weighted by Crippen LogP contribution is 2.14. The van der Waals surface area contributed by atoms with Crippen LogP contribution in [0.1, 0.15) is 42.1 Å². The predicted molar refractivity (Wildman–Crippen MR) is 81.8 cm³/mol. The maximum absolute atomic E-state index is 12.0. The number of aliphatic hydroxyl groups is 1. The second kappa shape index (κ2) is 7.74. The number of amides is 1. The lowest BCUT2D eigenvalue weighted by atomic mass is 10.1. The molecule has 0 aliphatic carbocycles. The van der Waals surface area contributed by atoms with E-state index in [2.05, 4.69) is 27.9 Å². The lowest BCUT2D eigenvalue weighted by molar-refractivity contribution is 0.0947. The highest BCUT2D eigenvalue weighted by atomic mass is 127. The molecule has 1 rings (SSSR count). The Morgan fingerprint density at radius 3 is 2.89 bits per heavy atom. The largest absolute Gasteiger partial charge is 0.393 e. The average Bonchev–Trinajstić information content (AvgIpc) is 2.36. The quantitative estimate of drug-likeness (QED) is 0.605. The van der Waals surface area contributed by atoms with Crippen molar-refractivity contribution >= 4 is 28.5 Å². The zero-order valence-electron chi connectivity index (χ0n) is 10.9. The van der Waals surface area contributed by atoms with Crippen LogP contribution in [0.25, 0.3) is 0 Å². The monoisotopic (exact) mass is 361 g/mol. The fourth-order valence-corrected chi connectivity index (χ4v) is 2.23. The van der Waals surface area contributed by atoms with E-state index >= 15 is 0 Å². The topological polar surface area (TPSA) is 49.3 Å². The van der Waals surface area contributed by atoms with Crippen LogP contribution in [0.15, 0.2) is 18.2 Å². The predicted octanol–water partition coefficient (Wildman–Crippen LogP) is 2.88. The first kappa shape index (κ1) is 15.4. The maximum Gasteiger partial charge on any atom is 0.252 e. The first-order valence-corrected chi connectivity index (χ1v) is 7.35. The summed E-state index contributed by atoms with van der Waals surface area (Å²) in [5.74, 6) is -0.0333. The summed E-state index contributed by atoms with van der Waals surface area (Å²) >= 11 is 2.17. The lowest BCUT2D eigenvalue weighted by Crippen LogP contribution is -2.26. The van der Waals surface area contributed by atoms with Gasteiger partial charge in [-0.1, -0.05) is 18.6 Å². The van der Waals surface area contributed by atoms with Gasteiger partial charge in [-0.15, -0.1) is 0 Å². The van der Waals surface area contributed by atoms with E-state index in [4.69, 9.17) is 0 Å². The number of aliphatic hydroxyl groups excluding tert-OH is 1. The smallest absolute Gasteiger partial charge is 0.252 e. The molecule has 0 aliphatic rings. The Morgan fingerprint density at radius 2 is 2.22 bits per heavy atom. The van der Waals surface area contributed by atoms with Crippen molar-refractivity contribution in [1.82, 2.24) is 5.32 Å². The van der Waals surface area contributed by atoms with E-state index in [1.165, 1.54) is 0 Å². The molecule has 0 unspecified atom stereocenters. The third-order valence-electron chi connectivity index (χ3n) is 2.84. The molecule has 100 valence electrons. The molecule has 0 saturated carbocycles. The molecule has 0 bridgehead atoms. The molecular formula is C14H20INO2. The zero-order chi connectivity index (χ0) is 13.5. The number of nitrogens with one attached hydrogen (secondary N) is 1. The molecule has 0 radical (unpaired) electrons. The fraction of sp³-hybridized carbons (Fsp3) is 0.500. The number of halogens is 1. The summed E-state index contributed by atoms with van der Waals surface area (Å²) in [4.78, 5) is 12.0. The normalized spacial score (nSPS) is 12.2. The number of hydrogen-bond donors (Lipinski definition) is 2. The summed E-state index contributed by atoms with van der Waals surface area (Å²) in [6.45, 7) is 4.54. The highest BCUT2D eigenvalue weighted by molar-refractivity contribution is 14.1. The van der Waals surface area contributed by atoms with Crippen molar-refractivity contribution in [3.8, 4) is 0 Å². The Kier molecular flexibility index (Phi) is 6.63. The standard InChI is InChI=1S/C14H20INO2/c1-3-11(17)5-4-8-16-14(18)12-9-10(2)6-7-13(12)15/h6-7,9,11,17H,3-5,8H2,1-2H3,(H,16,18)/t11-/m0/s1. The van der Waals surface area contributed by atoms with Gasteiger partial charge in [-0.25, -0.2) is 0 Å². The molecule has 0 heterocycles. The minimum atomic E-state index is -0.249. The molecule has 18 heavy (non-hydrogen) atoms. The summed E-state index contributed by atoms with van der Waals surface area (Å²) in [5, 5.41) is 12.3. The number of aryl methyl sites for hydroxylation is 1. The van der Waals surface area contributed by atoms with Gasteiger partial charge < -0.3 is 10.4 Å². The van der Waals surface area contributed by atoms with Gasteiger partial charge in [-0.2, -0.15) is 0 Å². The van der Waals surface area contributed by atoms with E-state index < -0.39 is 0 Å². The second-order valence-corrected chi connectivity index (χ2v) is 5.61. The Bertz CT molecular complexity index is 407. The summed E-state index contributed by atoms with van der Waals surface area (Å²) < 4.78 is 0.962. The first-order valence-electron chi connectivity index (χ1n) is 6.27. The van der Waals surface area contributed by atoms with Crippen molar-refractivity contribution in [1.29, 1.82) is 0 Å². The lowest BCUT2D eigenvalue weighted by Gasteiger charge is -2.09. The summed E-state index contributed by atoms with van der Waals surface area (Å²) in [7, 11) is 0. The van der Waals surface area contributed by atoms with Crippen molar-refractivity contribution in [2.75, 3.05) is 6.54 Å². The van der Waals surface area contributed by atoms with Gasteiger partial charge >= 0.3 is 0 Å². The number of carbonyl (C=O) groups excluding carboxylic acids is 1. The number of rotatable bonds is 6. The summed E-state index contributed by atoms with van der Waals surface area (Å²) in [6, 6.07) is 5.85. The zero-order valence-corrected chi connectivity index (χ0v) is 13.0. The van der Waals surface area contributed by atoms with Crippen LogP contribution in [0.2, 0.25) is 0 Å². The second-order valence-electron chi connectivity index (χ2n) is 4.44. The molecule has 0 aromatic heterocycles. The summed E-state index contributed by atoms with van der Waals surface area (Å²) in [6.07, 6.45) is 2.06. The number of carbonyl (C=O) groups is 1. The Balaban J connectivity index is 2.43. The van der Waals surface area contributed by atoms with E-state index in [9.17, 15) is 9.90 Å². The summed E-state index contributed by atoms with van der Waals surface area (Å²) in [5.41, 5.74) is 1.81. The molecule has 2 N–H and O–H groups in total. The van der Waals surface area contributed by atoms with Crippen molar-refractivity contribution in [3.05, 3.63) is 32.9 Å². The van der Waals surface area contributed by atoms with Crippen LogP contribution in [-0.2, 0) is 0 Å². The van der Waals surface area contributed by atoms with Gasteiger partial charge in [-0.3, -0.25) is 4.79 Å². The van der Waals surface area contributed by atoms with Crippen LogP contribution >= 0.6 is 22.6 Å². The minimum absolute atomic E-state index is 0.0333. The Morgan fingerprint density at radius 1 is 1.50 bits per heavy atom. The third-order valence-corrected chi connectivity index (χ3v) is 3.78. The Hall–Kier alpha value is -0.620. The molecule has 0 spiro atoms. The Labute approximate surface area is 122 Å². The van der Waals surface area contributed by atoms with Crippen LogP contribution in [0.3, 0.4) is 0 Å². The third kappa shape index (κ3) is 4.94. The van der Waals surface area contributed by atoms with Gasteiger partial charge in [0.05, 0.1) is 11.7 Å². The van der Waals surface area contributed by atoms with Crippen molar-refractivity contribution in [2.24, 2.45) is 0 Å². The molecule has 1 aromatic carbocycles. The number of benzene rings is 1. The van der Waals surface area contributed by atoms with Crippen LogP contribution in [-0.4, -0.2) is 23.7 Å². The van der Waals surface area contributed by atoms with Crippen LogP contribution in [0.5, 0.6) is 0 Å². The van der Waals surface area contributed by atoms with Gasteiger partial charge in [0, 0.05) is 10.1 Å². The molecule has 4 heteroatoms. The van der Waals surface area contributed by atoms with Crippen LogP contribution in [0, 0.1) is 10.5 Å². The highest BCUT2D eigenvalue weighted by Gasteiger charge is 2.09. The van der Waals surface area contributed by atoms with Gasteiger partial charge in [-0.05, 0) is 60.9 Å². The SMILES string of the molecule is CC[C@H](O)CCCNC(=O)c1cc(C)ccc1I. The molecule has 0 saturated heterocycles. The van der Waals surface area contributed by atoms with Crippen molar-refractivity contribution in [2.45, 2.75) is 39.2 Å². The van der Waals surface area contributed by atoms with E-state index in [1.54, 1.807) is 0 Å². The van der Waals surface area contributed by atoms with Crippen LogP contribution < -0.4 is 5.32 Å². The van der Waals surface area contributed by atoms with Crippen molar-refractivity contribution in [3.63, 3.8) is 0 Å². The van der Waals surface area contributed by atoms with Gasteiger partial charge in [0.2, 0.25) is 0 Å². The molecule has 1 atom stereocenters. The maximum atomic E-state index is 12.0. The molecule has 3 nitrogen and oxygen atoms in total. The molecule has 0 aliphatic heterocycles. The average molecular weight is 361 g/mol. The van der Waals surface area contributed by atoms with E-state index in [1.807, 2.05) is 32.0 Å². The minimum Gasteiger partial charge on any atom is -0.393 e. The van der Waals surface area contributed by atoms with Gasteiger partial charge in [0.15, 0.2) is 0 Å². The first-order chi connectivity index (χ1) is 8.54. The van der Waals surface area contributed by atoms with E-state index in [-0.39, 0.29) is 12.0 Å². The van der Waals surface area contributed by atoms with Gasteiger partial charge in [0.25, 0.3) is 5.91 Å². The molecule has 0 fully saturated rings. The molecule has 1 aromatic rings.